The number of rotatable bonds is 7. The second-order valence-corrected chi connectivity index (χ2v) is 7.86. The third-order valence-corrected chi connectivity index (χ3v) is 5.82. The van der Waals surface area contributed by atoms with Crippen LogP contribution in [-0.2, 0) is 16.0 Å². The molecule has 2 aromatic heterocycles. The Morgan fingerprint density at radius 1 is 1.18 bits per heavy atom. The number of ether oxygens (including phenoxy) is 1. The standard InChI is InChI=1S/C20H25N5O2S/c1-2-27-18(26)14-28-20-21-16-9-5-4-8-15(16)19-22-17(23-25(19)20)10-13-24-11-6-3-7-12-24/h4-5,8-9H,2-3,6-7,10-14H2,1H3. The molecule has 1 aromatic carbocycles. The zero-order valence-electron chi connectivity index (χ0n) is 16.1. The quantitative estimate of drug-likeness (QED) is 0.344. The molecule has 1 saturated heterocycles. The van der Waals surface area contributed by atoms with E-state index in [9.17, 15) is 4.79 Å². The molecule has 0 atom stereocenters. The number of likely N-dealkylation sites (tertiary alicyclic amines) is 1. The van der Waals surface area contributed by atoms with Crippen LogP contribution in [0.2, 0.25) is 0 Å². The smallest absolute Gasteiger partial charge is 0.316 e. The SMILES string of the molecule is CCOC(=O)CSc1nc2ccccc2c2nc(CCN3CCCCC3)nn12. The van der Waals surface area contributed by atoms with Crippen LogP contribution in [0, 0.1) is 0 Å². The molecule has 0 unspecified atom stereocenters. The van der Waals surface area contributed by atoms with Gasteiger partial charge in [-0.25, -0.2) is 9.97 Å². The number of carbonyl (C=O) groups is 1. The third kappa shape index (κ3) is 4.28. The summed E-state index contributed by atoms with van der Waals surface area (Å²) in [6.07, 6.45) is 4.71. The van der Waals surface area contributed by atoms with Crippen molar-refractivity contribution in [2.24, 2.45) is 0 Å². The average molecular weight is 400 g/mol. The van der Waals surface area contributed by atoms with E-state index in [0.717, 1.165) is 35.3 Å². The monoisotopic (exact) mass is 399 g/mol. The van der Waals surface area contributed by atoms with Crippen molar-refractivity contribution in [3.63, 3.8) is 0 Å². The Kier molecular flexibility index (Phi) is 6.07. The van der Waals surface area contributed by atoms with Crippen molar-refractivity contribution >= 4 is 34.3 Å². The highest BCUT2D eigenvalue weighted by atomic mass is 32.2. The van der Waals surface area contributed by atoms with Crippen molar-refractivity contribution in [3.8, 4) is 0 Å². The van der Waals surface area contributed by atoms with Gasteiger partial charge >= 0.3 is 5.97 Å². The lowest BCUT2D eigenvalue weighted by atomic mass is 10.1. The summed E-state index contributed by atoms with van der Waals surface area (Å²) in [5.74, 6) is 0.778. The van der Waals surface area contributed by atoms with E-state index in [1.807, 2.05) is 24.3 Å². The molecule has 0 radical (unpaired) electrons. The number of carbonyl (C=O) groups excluding carboxylic acids is 1. The van der Waals surface area contributed by atoms with Crippen LogP contribution < -0.4 is 0 Å². The van der Waals surface area contributed by atoms with Crippen LogP contribution in [0.15, 0.2) is 29.4 Å². The molecule has 1 aliphatic heterocycles. The molecule has 1 fully saturated rings. The summed E-state index contributed by atoms with van der Waals surface area (Å²) in [5, 5.41) is 6.35. The van der Waals surface area contributed by atoms with E-state index < -0.39 is 0 Å². The molecule has 3 heterocycles. The molecule has 0 aliphatic carbocycles. The van der Waals surface area contributed by atoms with Gasteiger partial charge in [-0.15, -0.1) is 5.10 Å². The van der Waals surface area contributed by atoms with E-state index in [1.54, 1.807) is 11.4 Å². The molecule has 0 saturated carbocycles. The van der Waals surface area contributed by atoms with E-state index >= 15 is 0 Å². The molecule has 0 spiro atoms. The Balaban J connectivity index is 1.61. The van der Waals surface area contributed by atoms with Crippen molar-refractivity contribution in [3.05, 3.63) is 30.1 Å². The summed E-state index contributed by atoms with van der Waals surface area (Å²) < 4.78 is 6.81. The number of piperidine rings is 1. The minimum Gasteiger partial charge on any atom is -0.465 e. The van der Waals surface area contributed by atoms with Crippen LogP contribution in [0.3, 0.4) is 0 Å². The molecule has 4 rings (SSSR count). The predicted octanol–water partition coefficient (Wildman–Crippen LogP) is 2.96. The van der Waals surface area contributed by atoms with Crippen molar-refractivity contribution in [1.82, 2.24) is 24.5 Å². The molecule has 0 amide bonds. The number of esters is 1. The third-order valence-electron chi connectivity index (χ3n) is 4.92. The zero-order valence-corrected chi connectivity index (χ0v) is 17.0. The second kappa shape index (κ2) is 8.87. The van der Waals surface area contributed by atoms with Gasteiger partial charge in [0.1, 0.15) is 0 Å². The number of para-hydroxylation sites is 1. The van der Waals surface area contributed by atoms with Crippen molar-refractivity contribution in [1.29, 1.82) is 0 Å². The van der Waals surface area contributed by atoms with Gasteiger partial charge in [0.25, 0.3) is 0 Å². The first-order valence-electron chi connectivity index (χ1n) is 9.90. The van der Waals surface area contributed by atoms with Crippen LogP contribution in [0.25, 0.3) is 16.6 Å². The number of hydrogen-bond acceptors (Lipinski definition) is 7. The van der Waals surface area contributed by atoms with Gasteiger partial charge in [-0.3, -0.25) is 4.79 Å². The maximum Gasteiger partial charge on any atom is 0.316 e. The van der Waals surface area contributed by atoms with Crippen molar-refractivity contribution < 1.29 is 9.53 Å². The number of thioether (sulfide) groups is 1. The predicted molar refractivity (Wildman–Crippen MR) is 110 cm³/mol. The fraction of sp³-hybridized carbons (Fsp3) is 0.500. The van der Waals surface area contributed by atoms with E-state index in [4.69, 9.17) is 19.8 Å². The van der Waals surface area contributed by atoms with Crippen LogP contribution in [0.1, 0.15) is 32.0 Å². The summed E-state index contributed by atoms with van der Waals surface area (Å²) in [6.45, 7) is 5.50. The Morgan fingerprint density at radius 2 is 2.00 bits per heavy atom. The number of aromatic nitrogens is 4. The molecular formula is C20H25N5O2S. The summed E-state index contributed by atoms with van der Waals surface area (Å²) in [6, 6.07) is 7.92. The molecule has 148 valence electrons. The molecule has 1 aliphatic rings. The molecule has 7 nitrogen and oxygen atoms in total. The fourth-order valence-electron chi connectivity index (χ4n) is 3.54. The highest BCUT2D eigenvalue weighted by molar-refractivity contribution is 7.99. The minimum atomic E-state index is -0.249. The first kappa shape index (κ1) is 19.1. The summed E-state index contributed by atoms with van der Waals surface area (Å²) in [5.41, 5.74) is 1.65. The van der Waals surface area contributed by atoms with Gasteiger partial charge in [-0.05, 0) is 45.0 Å². The largest absolute Gasteiger partial charge is 0.465 e. The Bertz CT molecular complexity index is 968. The van der Waals surface area contributed by atoms with Gasteiger partial charge in [0.05, 0.1) is 17.9 Å². The first-order chi connectivity index (χ1) is 13.7. The number of benzene rings is 1. The number of hydrogen-bond donors (Lipinski definition) is 0. The second-order valence-electron chi connectivity index (χ2n) is 6.92. The van der Waals surface area contributed by atoms with Crippen molar-refractivity contribution in [2.45, 2.75) is 37.8 Å². The van der Waals surface area contributed by atoms with E-state index in [0.29, 0.717) is 11.8 Å². The van der Waals surface area contributed by atoms with Gasteiger partial charge in [-0.1, -0.05) is 30.3 Å². The van der Waals surface area contributed by atoms with E-state index in [-0.39, 0.29) is 11.7 Å². The van der Waals surface area contributed by atoms with Crippen LogP contribution in [0.4, 0.5) is 0 Å². The number of nitrogens with zero attached hydrogens (tertiary/aromatic N) is 5. The first-order valence-corrected chi connectivity index (χ1v) is 10.9. The Morgan fingerprint density at radius 3 is 2.82 bits per heavy atom. The zero-order chi connectivity index (χ0) is 19.3. The lowest BCUT2D eigenvalue weighted by molar-refractivity contribution is -0.139. The van der Waals surface area contributed by atoms with E-state index in [1.165, 1.54) is 44.1 Å². The number of fused-ring (bicyclic) bond motifs is 3. The van der Waals surface area contributed by atoms with Crippen molar-refractivity contribution in [2.75, 3.05) is 32.0 Å². The molecule has 0 N–H and O–H groups in total. The van der Waals surface area contributed by atoms with Crippen LogP contribution in [-0.4, -0.2) is 62.4 Å². The lowest BCUT2D eigenvalue weighted by Crippen LogP contribution is -2.31. The van der Waals surface area contributed by atoms with Crippen LogP contribution >= 0.6 is 11.8 Å². The maximum absolute atomic E-state index is 11.8. The van der Waals surface area contributed by atoms with Gasteiger partial charge < -0.3 is 9.64 Å². The van der Waals surface area contributed by atoms with E-state index in [2.05, 4.69) is 4.90 Å². The maximum atomic E-state index is 11.8. The highest BCUT2D eigenvalue weighted by Gasteiger charge is 2.16. The minimum absolute atomic E-state index is 0.206. The van der Waals surface area contributed by atoms with Gasteiger partial charge in [0.2, 0.25) is 0 Å². The topological polar surface area (TPSA) is 72.6 Å². The van der Waals surface area contributed by atoms with Gasteiger partial charge in [0, 0.05) is 18.4 Å². The fourth-order valence-corrected chi connectivity index (χ4v) is 4.28. The molecular weight excluding hydrogens is 374 g/mol. The normalized spacial score (nSPS) is 15.3. The molecule has 3 aromatic rings. The molecule has 8 heteroatoms. The Hall–Kier alpha value is -2.19. The summed E-state index contributed by atoms with van der Waals surface area (Å²) in [7, 11) is 0. The highest BCUT2D eigenvalue weighted by Crippen LogP contribution is 2.24. The molecule has 28 heavy (non-hydrogen) atoms. The molecule has 0 bridgehead atoms. The summed E-state index contributed by atoms with van der Waals surface area (Å²) >= 11 is 1.34. The average Bonchev–Trinajstić information content (AvgIpc) is 3.16. The summed E-state index contributed by atoms with van der Waals surface area (Å²) in [4.78, 5) is 23.8. The van der Waals surface area contributed by atoms with Crippen LogP contribution in [0.5, 0.6) is 0 Å². The Labute approximate surface area is 168 Å². The van der Waals surface area contributed by atoms with Gasteiger partial charge in [0.15, 0.2) is 16.6 Å². The van der Waals surface area contributed by atoms with Gasteiger partial charge in [-0.2, -0.15) is 4.52 Å². The lowest BCUT2D eigenvalue weighted by Gasteiger charge is -2.25.